The molecule has 0 unspecified atom stereocenters. The fourth-order valence-corrected chi connectivity index (χ4v) is 4.91. The van der Waals surface area contributed by atoms with Gasteiger partial charge in [0.15, 0.2) is 0 Å². The Morgan fingerprint density at radius 3 is 2.50 bits per heavy atom. The molecule has 2 N–H and O–H groups in total. The van der Waals surface area contributed by atoms with E-state index in [1.54, 1.807) is 39.0 Å². The lowest BCUT2D eigenvalue weighted by Crippen LogP contribution is -2.41. The van der Waals surface area contributed by atoms with Crippen molar-refractivity contribution in [2.45, 2.75) is 38.5 Å². The molecule has 0 saturated carbocycles. The molecule has 0 atom stereocenters. The van der Waals surface area contributed by atoms with Crippen molar-refractivity contribution in [1.29, 1.82) is 0 Å². The van der Waals surface area contributed by atoms with Crippen molar-refractivity contribution in [2.75, 3.05) is 13.1 Å². The minimum Gasteiger partial charge on any atom is -0.469 e. The molecular formula is C21H27N5O5S. The van der Waals surface area contributed by atoms with Crippen LogP contribution in [-0.2, 0) is 28.3 Å². The zero-order valence-electron chi connectivity index (χ0n) is 18.5. The average Bonchev–Trinajstić information content (AvgIpc) is 3.33. The summed E-state index contributed by atoms with van der Waals surface area (Å²) < 4.78 is 33.8. The molecule has 32 heavy (non-hydrogen) atoms. The van der Waals surface area contributed by atoms with E-state index in [-0.39, 0.29) is 17.2 Å². The van der Waals surface area contributed by atoms with Gasteiger partial charge in [-0.1, -0.05) is 13.8 Å². The van der Waals surface area contributed by atoms with Gasteiger partial charge in [-0.05, 0) is 31.2 Å². The van der Waals surface area contributed by atoms with Crippen LogP contribution in [0.1, 0.15) is 42.2 Å². The summed E-state index contributed by atoms with van der Waals surface area (Å²) in [6.45, 7) is 6.01. The molecular weight excluding hydrogens is 434 g/mol. The second-order valence-corrected chi connectivity index (χ2v) is 9.16. The number of sulfonamides is 1. The lowest BCUT2D eigenvalue weighted by molar-refractivity contribution is -0.121. The van der Waals surface area contributed by atoms with Crippen LogP contribution in [0.15, 0.2) is 39.8 Å². The molecule has 11 heteroatoms. The van der Waals surface area contributed by atoms with Gasteiger partial charge in [-0.2, -0.15) is 4.31 Å². The Bertz CT molecular complexity index is 1240. The molecule has 2 aromatic heterocycles. The summed E-state index contributed by atoms with van der Waals surface area (Å²) in [5.41, 5.74) is 6.38. The number of carbonyl (C=O) groups excluding carboxylic acids is 2. The molecule has 10 nitrogen and oxygen atoms in total. The number of aryl methyl sites for hydroxylation is 3. The minimum atomic E-state index is -3.59. The van der Waals surface area contributed by atoms with Crippen LogP contribution in [0, 0.1) is 6.92 Å². The maximum absolute atomic E-state index is 12.8. The maximum Gasteiger partial charge on any atom is 0.273 e. The number of carbonyl (C=O) groups is 2. The first-order valence-corrected chi connectivity index (χ1v) is 11.7. The summed E-state index contributed by atoms with van der Waals surface area (Å²) in [4.78, 5) is 28.9. The largest absolute Gasteiger partial charge is 0.469 e. The summed E-state index contributed by atoms with van der Waals surface area (Å²) in [6.07, 6.45) is 1.80. The Morgan fingerprint density at radius 2 is 1.88 bits per heavy atom. The lowest BCUT2D eigenvalue weighted by Gasteiger charge is -2.18. The smallest absolute Gasteiger partial charge is 0.273 e. The fourth-order valence-electron chi connectivity index (χ4n) is 3.43. The van der Waals surface area contributed by atoms with Crippen LogP contribution in [0.25, 0.3) is 11.0 Å². The molecule has 1 aromatic carbocycles. The number of fused-ring (bicyclic) bond motifs is 1. The quantitative estimate of drug-likeness (QED) is 0.494. The Kier molecular flexibility index (Phi) is 6.99. The first-order chi connectivity index (χ1) is 15.2. The van der Waals surface area contributed by atoms with Crippen molar-refractivity contribution in [2.24, 2.45) is 7.05 Å². The number of amides is 2. The number of hydrogen-bond acceptors (Lipinski definition) is 6. The van der Waals surface area contributed by atoms with Crippen molar-refractivity contribution in [1.82, 2.24) is 24.7 Å². The average molecular weight is 462 g/mol. The van der Waals surface area contributed by atoms with Crippen molar-refractivity contribution in [3.05, 3.63) is 47.7 Å². The minimum absolute atomic E-state index is 0.0897. The van der Waals surface area contributed by atoms with E-state index in [0.29, 0.717) is 42.2 Å². The molecule has 172 valence electrons. The van der Waals surface area contributed by atoms with Crippen LogP contribution in [0.4, 0.5) is 0 Å². The van der Waals surface area contributed by atoms with E-state index in [0.717, 1.165) is 5.52 Å². The van der Waals surface area contributed by atoms with E-state index in [9.17, 15) is 18.0 Å². The normalized spacial score (nSPS) is 11.8. The second kappa shape index (κ2) is 9.53. The third kappa shape index (κ3) is 4.68. The fraction of sp³-hybridized carbons (Fsp3) is 0.381. The third-order valence-corrected chi connectivity index (χ3v) is 7.33. The van der Waals surface area contributed by atoms with Gasteiger partial charge in [-0.3, -0.25) is 20.4 Å². The van der Waals surface area contributed by atoms with Crippen molar-refractivity contribution in [3.63, 3.8) is 0 Å². The highest BCUT2D eigenvalue weighted by atomic mass is 32.2. The van der Waals surface area contributed by atoms with E-state index in [1.807, 2.05) is 11.6 Å². The lowest BCUT2D eigenvalue weighted by atomic mass is 10.2. The van der Waals surface area contributed by atoms with E-state index in [4.69, 9.17) is 4.42 Å². The topological polar surface area (TPSA) is 127 Å². The molecule has 0 aliphatic rings. The van der Waals surface area contributed by atoms with Gasteiger partial charge in [0.1, 0.15) is 11.6 Å². The van der Waals surface area contributed by atoms with Crippen LogP contribution >= 0.6 is 0 Å². The summed E-state index contributed by atoms with van der Waals surface area (Å²) in [5.74, 6) is 0.244. The summed E-state index contributed by atoms with van der Waals surface area (Å²) in [5, 5.41) is 0. The number of nitrogens with zero attached hydrogens (tertiary/aromatic N) is 3. The second-order valence-electron chi connectivity index (χ2n) is 7.22. The van der Waals surface area contributed by atoms with E-state index >= 15 is 0 Å². The standard InChI is InChI=1S/C21H27N5O5S/c1-5-26(6-2)32(29,30)15-7-8-18-17(13-15)22-19(25(18)4)9-10-20(27)23-24-21(28)16-11-12-31-14(16)3/h7-8,11-13H,5-6,9-10H2,1-4H3,(H,23,27)(H,24,28). The van der Waals surface area contributed by atoms with Crippen LogP contribution < -0.4 is 10.9 Å². The summed E-state index contributed by atoms with van der Waals surface area (Å²) >= 11 is 0. The monoisotopic (exact) mass is 461 g/mol. The number of hydrazine groups is 1. The van der Waals surface area contributed by atoms with Gasteiger partial charge in [-0.15, -0.1) is 0 Å². The van der Waals surface area contributed by atoms with Gasteiger partial charge in [-0.25, -0.2) is 13.4 Å². The Morgan fingerprint density at radius 1 is 1.16 bits per heavy atom. The molecule has 0 aliphatic heterocycles. The maximum atomic E-state index is 12.8. The highest BCUT2D eigenvalue weighted by Crippen LogP contribution is 2.22. The molecule has 0 fully saturated rings. The predicted octanol–water partition coefficient (Wildman–Crippen LogP) is 1.90. The third-order valence-electron chi connectivity index (χ3n) is 5.28. The van der Waals surface area contributed by atoms with Gasteiger partial charge >= 0.3 is 0 Å². The van der Waals surface area contributed by atoms with Crippen LogP contribution in [0.5, 0.6) is 0 Å². The van der Waals surface area contributed by atoms with Gasteiger partial charge in [0.05, 0.1) is 27.8 Å². The number of nitrogens with one attached hydrogen (secondary N) is 2. The molecule has 0 spiro atoms. The number of hydrogen-bond donors (Lipinski definition) is 2. The number of rotatable bonds is 8. The van der Waals surface area contributed by atoms with E-state index in [2.05, 4.69) is 15.8 Å². The number of imidazole rings is 1. The molecule has 0 bridgehead atoms. The molecule has 0 saturated heterocycles. The van der Waals surface area contributed by atoms with Gasteiger partial charge in [0.25, 0.3) is 5.91 Å². The van der Waals surface area contributed by atoms with Crippen molar-refractivity contribution < 1.29 is 22.4 Å². The Labute approximate surface area is 186 Å². The zero-order valence-corrected chi connectivity index (χ0v) is 19.3. The first-order valence-electron chi connectivity index (χ1n) is 10.3. The zero-order chi connectivity index (χ0) is 23.5. The molecule has 0 aliphatic carbocycles. The van der Waals surface area contributed by atoms with Crippen LogP contribution in [0.3, 0.4) is 0 Å². The number of aromatic nitrogens is 2. The number of furan rings is 1. The van der Waals surface area contributed by atoms with E-state index in [1.165, 1.54) is 16.6 Å². The highest BCUT2D eigenvalue weighted by molar-refractivity contribution is 7.89. The van der Waals surface area contributed by atoms with Crippen molar-refractivity contribution in [3.8, 4) is 0 Å². The highest BCUT2D eigenvalue weighted by Gasteiger charge is 2.23. The molecule has 2 heterocycles. The SMILES string of the molecule is CCN(CC)S(=O)(=O)c1ccc2c(c1)nc(CCC(=O)NNC(=O)c1ccoc1C)n2C. The molecule has 0 radical (unpaired) electrons. The van der Waals surface area contributed by atoms with Gasteiger partial charge in [0.2, 0.25) is 15.9 Å². The predicted molar refractivity (Wildman–Crippen MR) is 118 cm³/mol. The van der Waals surface area contributed by atoms with Gasteiger partial charge in [0, 0.05) is 33.0 Å². The molecule has 2 amide bonds. The first kappa shape index (κ1) is 23.5. The number of benzene rings is 1. The summed E-state index contributed by atoms with van der Waals surface area (Å²) in [6, 6.07) is 6.36. The van der Waals surface area contributed by atoms with Crippen molar-refractivity contribution >= 4 is 32.9 Å². The van der Waals surface area contributed by atoms with E-state index < -0.39 is 15.9 Å². The molecule has 3 aromatic rings. The van der Waals surface area contributed by atoms with Crippen LogP contribution in [0.2, 0.25) is 0 Å². The Hall–Kier alpha value is -3.18. The molecule has 3 rings (SSSR count). The Balaban J connectivity index is 1.67. The van der Waals surface area contributed by atoms with Gasteiger partial charge < -0.3 is 8.98 Å². The van der Waals surface area contributed by atoms with Crippen LogP contribution in [-0.4, -0.2) is 47.2 Å². The summed E-state index contributed by atoms with van der Waals surface area (Å²) in [7, 11) is -1.78.